The largest absolute Gasteiger partial charge is 0.481 e. The maximum Gasteiger partial charge on any atom is 0.303 e. The number of pyridine rings is 1. The van der Waals surface area contributed by atoms with E-state index in [4.69, 9.17) is 17.3 Å². The highest BCUT2D eigenvalue weighted by atomic mass is 32.2. The van der Waals surface area contributed by atoms with E-state index < -0.39 is 5.97 Å². The zero-order valence-corrected chi connectivity index (χ0v) is 19.7. The summed E-state index contributed by atoms with van der Waals surface area (Å²) >= 11 is 6.43. The van der Waals surface area contributed by atoms with Gasteiger partial charge >= 0.3 is 5.97 Å². The molecule has 8 nitrogen and oxygen atoms in total. The van der Waals surface area contributed by atoms with Crippen molar-refractivity contribution in [1.82, 2.24) is 14.3 Å². The van der Waals surface area contributed by atoms with Crippen LogP contribution < -0.4 is 10.9 Å². The summed E-state index contributed by atoms with van der Waals surface area (Å²) in [6.07, 6.45) is 6.54. The Hall–Kier alpha value is -2.72. The minimum Gasteiger partial charge on any atom is -0.481 e. The second kappa shape index (κ2) is 10.7. The molecule has 0 saturated carbocycles. The molecular weight excluding hydrogens is 448 g/mol. The maximum absolute atomic E-state index is 13.3. The fraction of sp³-hybridized carbons (Fsp3) is 0.409. The number of carbonyl (C=O) groups excluding carboxylic acids is 1. The average Bonchev–Trinajstić information content (AvgIpc) is 3.01. The summed E-state index contributed by atoms with van der Waals surface area (Å²) in [6, 6.07) is 3.68. The Labute approximate surface area is 195 Å². The summed E-state index contributed by atoms with van der Waals surface area (Å²) in [5.74, 6) is -0.803. The molecule has 1 aliphatic rings. The molecule has 10 heteroatoms. The lowest BCUT2D eigenvalue weighted by Gasteiger charge is -2.13. The minimum absolute atomic E-state index is 0.0444. The summed E-state index contributed by atoms with van der Waals surface area (Å²) in [6.45, 7) is 4.91. The molecule has 170 valence electrons. The molecule has 2 N–H and O–H groups in total. The van der Waals surface area contributed by atoms with E-state index in [2.05, 4.69) is 17.2 Å². The van der Waals surface area contributed by atoms with E-state index in [0.29, 0.717) is 39.2 Å². The number of aromatic nitrogens is 2. The summed E-state index contributed by atoms with van der Waals surface area (Å²) in [4.78, 5) is 43.4. The highest BCUT2D eigenvalue weighted by Crippen LogP contribution is 2.33. The smallest absolute Gasteiger partial charge is 0.303 e. The first-order valence-electron chi connectivity index (χ1n) is 10.6. The average molecular weight is 475 g/mol. The Bertz CT molecular complexity index is 1140. The molecule has 0 spiro atoms. The van der Waals surface area contributed by atoms with Crippen molar-refractivity contribution >= 4 is 57.7 Å². The number of carboxylic acids is 1. The molecule has 32 heavy (non-hydrogen) atoms. The Kier molecular flexibility index (Phi) is 8.03. The van der Waals surface area contributed by atoms with Gasteiger partial charge in [-0.25, -0.2) is 4.98 Å². The van der Waals surface area contributed by atoms with Crippen LogP contribution in [0.2, 0.25) is 0 Å². The topological polar surface area (TPSA) is 104 Å². The molecule has 2 aromatic heterocycles. The van der Waals surface area contributed by atoms with E-state index >= 15 is 0 Å². The van der Waals surface area contributed by atoms with Crippen LogP contribution in [0.1, 0.15) is 50.2 Å². The second-order valence-corrected chi connectivity index (χ2v) is 9.20. The molecule has 0 aliphatic carbocycles. The number of aryl methyl sites for hydroxylation is 1. The van der Waals surface area contributed by atoms with Crippen LogP contribution in [0.25, 0.3) is 11.7 Å². The number of aliphatic carboxylic acids is 1. The molecule has 2 aromatic rings. The van der Waals surface area contributed by atoms with Gasteiger partial charge < -0.3 is 10.4 Å². The van der Waals surface area contributed by atoms with Crippen LogP contribution in [0.15, 0.2) is 28.0 Å². The van der Waals surface area contributed by atoms with E-state index in [0.717, 1.165) is 36.6 Å². The van der Waals surface area contributed by atoms with Gasteiger partial charge in [-0.05, 0) is 37.5 Å². The van der Waals surface area contributed by atoms with Crippen molar-refractivity contribution in [3.8, 4) is 0 Å². The second-order valence-electron chi connectivity index (χ2n) is 7.53. The zero-order valence-electron chi connectivity index (χ0n) is 18.1. The van der Waals surface area contributed by atoms with Crippen molar-refractivity contribution in [3.63, 3.8) is 0 Å². The van der Waals surface area contributed by atoms with Crippen LogP contribution in [0.4, 0.5) is 5.82 Å². The molecule has 3 heterocycles. The van der Waals surface area contributed by atoms with Crippen molar-refractivity contribution in [2.45, 2.75) is 46.0 Å². The Balaban J connectivity index is 1.97. The normalized spacial score (nSPS) is 15.2. The summed E-state index contributed by atoms with van der Waals surface area (Å²) in [5, 5.41) is 12.1. The number of nitrogens with one attached hydrogen (secondary N) is 1. The predicted molar refractivity (Wildman–Crippen MR) is 131 cm³/mol. The van der Waals surface area contributed by atoms with E-state index in [1.807, 2.05) is 13.0 Å². The first kappa shape index (κ1) is 23.9. The highest BCUT2D eigenvalue weighted by Gasteiger charge is 2.32. The molecule has 0 atom stereocenters. The molecule has 1 amide bonds. The molecule has 1 aliphatic heterocycles. The van der Waals surface area contributed by atoms with Crippen molar-refractivity contribution in [2.75, 3.05) is 18.4 Å². The number of unbranched alkanes of at least 4 members (excludes halogenated alkanes) is 2. The van der Waals surface area contributed by atoms with Gasteiger partial charge in [0, 0.05) is 25.7 Å². The number of anilines is 1. The standard InChI is InChI=1S/C22H26N4O4S2/c1-3-4-5-10-23-18-15(20(29)25-11-6-8-14(2)19(25)24-18)13-16-21(30)26(22(31)32-16)12-7-9-17(27)28/h6,8,11,13,23H,3-5,7,9-10,12H2,1-2H3,(H,27,28). The van der Waals surface area contributed by atoms with E-state index in [1.54, 1.807) is 18.3 Å². The van der Waals surface area contributed by atoms with Crippen LogP contribution >= 0.6 is 24.0 Å². The number of thiocarbonyl (C=S) groups is 1. The van der Waals surface area contributed by atoms with Gasteiger partial charge in [-0.2, -0.15) is 0 Å². The van der Waals surface area contributed by atoms with Crippen molar-refractivity contribution in [3.05, 3.63) is 44.7 Å². The number of carbonyl (C=O) groups is 2. The summed E-state index contributed by atoms with van der Waals surface area (Å²) < 4.78 is 1.83. The van der Waals surface area contributed by atoms with Gasteiger partial charge in [0.25, 0.3) is 11.5 Å². The lowest BCUT2D eigenvalue weighted by atomic mass is 10.2. The van der Waals surface area contributed by atoms with Gasteiger partial charge in [0.1, 0.15) is 15.8 Å². The molecule has 0 radical (unpaired) electrons. The third-order valence-corrected chi connectivity index (χ3v) is 6.46. The summed E-state index contributed by atoms with van der Waals surface area (Å²) in [5.41, 5.74) is 1.47. The number of thioether (sulfide) groups is 1. The van der Waals surface area contributed by atoms with Gasteiger partial charge in [-0.3, -0.25) is 23.7 Å². The van der Waals surface area contributed by atoms with Gasteiger partial charge in [-0.15, -0.1) is 0 Å². The summed E-state index contributed by atoms with van der Waals surface area (Å²) in [7, 11) is 0. The van der Waals surface area contributed by atoms with E-state index in [-0.39, 0.29) is 24.4 Å². The molecule has 1 saturated heterocycles. The van der Waals surface area contributed by atoms with Crippen LogP contribution in [-0.4, -0.2) is 48.7 Å². The molecule has 3 rings (SSSR count). The molecule has 0 bridgehead atoms. The van der Waals surface area contributed by atoms with Gasteiger partial charge in [-0.1, -0.05) is 49.8 Å². The van der Waals surface area contributed by atoms with Crippen LogP contribution in [-0.2, 0) is 9.59 Å². The van der Waals surface area contributed by atoms with Crippen molar-refractivity contribution < 1.29 is 14.7 Å². The lowest BCUT2D eigenvalue weighted by Crippen LogP contribution is -2.29. The fourth-order valence-corrected chi connectivity index (χ4v) is 4.66. The third-order valence-electron chi connectivity index (χ3n) is 5.08. The highest BCUT2D eigenvalue weighted by molar-refractivity contribution is 8.26. The van der Waals surface area contributed by atoms with Crippen LogP contribution in [0.3, 0.4) is 0 Å². The number of hydrogen-bond donors (Lipinski definition) is 2. The number of fused-ring (bicyclic) bond motifs is 1. The number of amides is 1. The van der Waals surface area contributed by atoms with Gasteiger partial charge in [0.2, 0.25) is 0 Å². The number of hydrogen-bond acceptors (Lipinski definition) is 7. The monoisotopic (exact) mass is 474 g/mol. The number of nitrogens with zero attached hydrogens (tertiary/aromatic N) is 3. The van der Waals surface area contributed by atoms with Gasteiger partial charge in [0.05, 0.1) is 10.5 Å². The van der Waals surface area contributed by atoms with Crippen molar-refractivity contribution in [2.24, 2.45) is 0 Å². The zero-order chi connectivity index (χ0) is 23.3. The first-order chi connectivity index (χ1) is 15.3. The number of rotatable bonds is 10. The minimum atomic E-state index is -0.921. The van der Waals surface area contributed by atoms with E-state index in [9.17, 15) is 14.4 Å². The molecule has 0 aromatic carbocycles. The predicted octanol–water partition coefficient (Wildman–Crippen LogP) is 3.67. The Morgan fingerprint density at radius 1 is 1.31 bits per heavy atom. The van der Waals surface area contributed by atoms with Gasteiger partial charge in [0.15, 0.2) is 0 Å². The third kappa shape index (κ3) is 5.36. The Morgan fingerprint density at radius 2 is 2.09 bits per heavy atom. The SMILES string of the molecule is CCCCCNc1nc2c(C)cccn2c(=O)c1C=C1SC(=S)N(CCCC(=O)O)C1=O. The Morgan fingerprint density at radius 3 is 2.81 bits per heavy atom. The molecule has 1 fully saturated rings. The molecular formula is C22H26N4O4S2. The lowest BCUT2D eigenvalue weighted by molar-refractivity contribution is -0.137. The quantitative estimate of drug-likeness (QED) is 0.305. The van der Waals surface area contributed by atoms with E-state index in [1.165, 1.54) is 9.30 Å². The van der Waals surface area contributed by atoms with Crippen LogP contribution in [0.5, 0.6) is 0 Å². The fourth-order valence-electron chi connectivity index (χ4n) is 3.37. The first-order valence-corrected chi connectivity index (χ1v) is 11.8. The molecule has 0 unspecified atom stereocenters. The maximum atomic E-state index is 13.3. The number of carboxylic acid groups (broad SMARTS) is 1. The van der Waals surface area contributed by atoms with Crippen LogP contribution in [0, 0.1) is 6.92 Å². The van der Waals surface area contributed by atoms with Crippen molar-refractivity contribution in [1.29, 1.82) is 0 Å².